The number of thioether (sulfide) groups is 1. The Balaban J connectivity index is 1.57. The second kappa shape index (κ2) is 6.15. The maximum Gasteiger partial charge on any atom is 0.274 e. The van der Waals surface area contributed by atoms with Gasteiger partial charge in [0.2, 0.25) is 0 Å². The van der Waals surface area contributed by atoms with Crippen molar-refractivity contribution in [1.29, 1.82) is 0 Å². The lowest BCUT2D eigenvalue weighted by atomic mass is 9.87. The molecule has 0 aromatic carbocycles. The van der Waals surface area contributed by atoms with Crippen LogP contribution in [0.15, 0.2) is 0 Å². The molecule has 2 fully saturated rings. The third-order valence-electron chi connectivity index (χ3n) is 5.81. The zero-order chi connectivity index (χ0) is 15.9. The van der Waals surface area contributed by atoms with Gasteiger partial charge in [-0.1, -0.05) is 19.3 Å². The van der Waals surface area contributed by atoms with Crippen LogP contribution in [0.3, 0.4) is 0 Å². The first-order valence-electron chi connectivity index (χ1n) is 9.18. The second-order valence-electron chi connectivity index (χ2n) is 7.38. The lowest BCUT2D eigenvalue weighted by molar-refractivity contribution is 0.0723. The van der Waals surface area contributed by atoms with Gasteiger partial charge in [-0.3, -0.25) is 4.79 Å². The van der Waals surface area contributed by atoms with E-state index in [-0.39, 0.29) is 5.91 Å². The zero-order valence-corrected chi connectivity index (χ0v) is 15.0. The van der Waals surface area contributed by atoms with E-state index in [1.165, 1.54) is 50.6 Å². The summed E-state index contributed by atoms with van der Waals surface area (Å²) in [5.41, 5.74) is 1.94. The number of fused-ring (bicyclic) bond motifs is 1. The highest BCUT2D eigenvalue weighted by Crippen LogP contribution is 2.43. The van der Waals surface area contributed by atoms with Gasteiger partial charge >= 0.3 is 0 Å². The van der Waals surface area contributed by atoms with E-state index in [1.807, 2.05) is 6.92 Å². The Hall–Kier alpha value is -0.970. The highest BCUT2D eigenvalue weighted by Gasteiger charge is 2.39. The normalized spacial score (nSPS) is 23.8. The summed E-state index contributed by atoms with van der Waals surface area (Å²) in [7, 11) is 0. The predicted molar refractivity (Wildman–Crippen MR) is 94.1 cm³/mol. The number of amides is 1. The van der Waals surface area contributed by atoms with Crippen LogP contribution in [0.1, 0.15) is 67.0 Å². The quantitative estimate of drug-likeness (QED) is 0.790. The number of aryl methyl sites for hydroxylation is 1. The molecule has 23 heavy (non-hydrogen) atoms. The van der Waals surface area contributed by atoms with Crippen molar-refractivity contribution in [2.24, 2.45) is 0 Å². The number of aromatic nitrogens is 2. The Bertz CT molecular complexity index is 598. The Kier molecular flexibility index (Phi) is 4.16. The molecule has 1 aromatic heterocycles. The van der Waals surface area contributed by atoms with Gasteiger partial charge in [-0.25, -0.2) is 4.98 Å². The molecule has 1 aromatic rings. The van der Waals surface area contributed by atoms with Crippen molar-refractivity contribution in [2.75, 3.05) is 18.8 Å². The molecule has 0 radical (unpaired) electrons. The van der Waals surface area contributed by atoms with E-state index in [1.54, 1.807) is 0 Å². The SMILES string of the molecule is Cc1nc(C(=O)N2CCSC3(CCCCC3)C2)c2n1CCCC2. The molecule has 0 atom stereocenters. The highest BCUT2D eigenvalue weighted by atomic mass is 32.2. The van der Waals surface area contributed by atoms with Crippen LogP contribution in [0, 0.1) is 6.92 Å². The fourth-order valence-electron chi connectivity index (χ4n) is 4.56. The fourth-order valence-corrected chi connectivity index (χ4v) is 6.13. The van der Waals surface area contributed by atoms with Gasteiger partial charge < -0.3 is 9.47 Å². The van der Waals surface area contributed by atoms with E-state index >= 15 is 0 Å². The van der Waals surface area contributed by atoms with E-state index < -0.39 is 0 Å². The third kappa shape index (κ3) is 2.81. The minimum absolute atomic E-state index is 0.189. The summed E-state index contributed by atoms with van der Waals surface area (Å²) in [5.74, 6) is 2.29. The van der Waals surface area contributed by atoms with Crippen LogP contribution < -0.4 is 0 Å². The largest absolute Gasteiger partial charge is 0.335 e. The average molecular weight is 334 g/mol. The summed E-state index contributed by atoms with van der Waals surface area (Å²) in [6, 6.07) is 0. The number of rotatable bonds is 1. The molecule has 1 saturated carbocycles. The van der Waals surface area contributed by atoms with E-state index in [0.717, 1.165) is 43.3 Å². The monoisotopic (exact) mass is 333 g/mol. The minimum Gasteiger partial charge on any atom is -0.335 e. The molecule has 0 unspecified atom stereocenters. The summed E-state index contributed by atoms with van der Waals surface area (Å²) in [6.07, 6.45) is 9.98. The van der Waals surface area contributed by atoms with Crippen molar-refractivity contribution < 1.29 is 4.79 Å². The molecule has 3 heterocycles. The summed E-state index contributed by atoms with van der Waals surface area (Å²) >= 11 is 2.12. The average Bonchev–Trinajstić information content (AvgIpc) is 2.92. The van der Waals surface area contributed by atoms with E-state index in [0.29, 0.717) is 4.75 Å². The lowest BCUT2D eigenvalue weighted by Gasteiger charge is -2.44. The molecule has 1 saturated heterocycles. The Morgan fingerprint density at radius 3 is 2.78 bits per heavy atom. The number of nitrogens with zero attached hydrogens (tertiary/aromatic N) is 3. The van der Waals surface area contributed by atoms with Gasteiger partial charge in [0.05, 0.1) is 5.69 Å². The fraction of sp³-hybridized carbons (Fsp3) is 0.778. The van der Waals surface area contributed by atoms with Gasteiger partial charge in [-0.05, 0) is 39.0 Å². The van der Waals surface area contributed by atoms with E-state index in [2.05, 4.69) is 26.2 Å². The summed E-state index contributed by atoms with van der Waals surface area (Å²) in [6.45, 7) is 4.89. The lowest BCUT2D eigenvalue weighted by Crippen LogP contribution is -2.50. The summed E-state index contributed by atoms with van der Waals surface area (Å²) in [4.78, 5) is 19.9. The molecule has 3 aliphatic rings. The van der Waals surface area contributed by atoms with Crippen molar-refractivity contribution in [3.05, 3.63) is 17.2 Å². The highest BCUT2D eigenvalue weighted by molar-refractivity contribution is 8.00. The predicted octanol–water partition coefficient (Wildman–Crippen LogP) is 3.42. The van der Waals surface area contributed by atoms with Crippen LogP contribution in [-0.2, 0) is 13.0 Å². The molecule has 5 heteroatoms. The van der Waals surface area contributed by atoms with Gasteiger partial charge in [0, 0.05) is 30.1 Å². The molecular formula is C18H27N3OS. The number of hydrogen-bond acceptors (Lipinski definition) is 3. The van der Waals surface area contributed by atoms with Gasteiger partial charge in [0.25, 0.3) is 5.91 Å². The van der Waals surface area contributed by atoms with Crippen molar-refractivity contribution in [1.82, 2.24) is 14.5 Å². The number of carbonyl (C=O) groups excluding carboxylic acids is 1. The first kappa shape index (κ1) is 15.6. The number of imidazole rings is 1. The van der Waals surface area contributed by atoms with Gasteiger partial charge in [0.1, 0.15) is 11.5 Å². The van der Waals surface area contributed by atoms with E-state index in [9.17, 15) is 4.79 Å². The molecule has 0 N–H and O–H groups in total. The minimum atomic E-state index is 0.189. The van der Waals surface area contributed by atoms with Crippen molar-refractivity contribution >= 4 is 17.7 Å². The maximum absolute atomic E-state index is 13.2. The van der Waals surface area contributed by atoms with Crippen LogP contribution >= 0.6 is 11.8 Å². The third-order valence-corrected chi connectivity index (χ3v) is 7.35. The number of carbonyl (C=O) groups is 1. The number of hydrogen-bond donors (Lipinski definition) is 0. The van der Waals surface area contributed by atoms with E-state index in [4.69, 9.17) is 0 Å². The van der Waals surface area contributed by atoms with Crippen LogP contribution in [-0.4, -0.2) is 43.9 Å². The molecule has 126 valence electrons. The van der Waals surface area contributed by atoms with Gasteiger partial charge in [-0.15, -0.1) is 0 Å². The molecule has 4 rings (SSSR count). The standard InChI is InChI=1S/C18H27N3OS/c1-14-19-16(15-7-3-6-10-21(14)15)17(22)20-11-12-23-18(13-20)8-4-2-5-9-18/h2-13H2,1H3. The van der Waals surface area contributed by atoms with Crippen LogP contribution in [0.5, 0.6) is 0 Å². The van der Waals surface area contributed by atoms with Crippen LogP contribution in [0.25, 0.3) is 0 Å². The first-order valence-corrected chi connectivity index (χ1v) is 10.2. The Morgan fingerprint density at radius 1 is 1.13 bits per heavy atom. The van der Waals surface area contributed by atoms with Crippen LogP contribution in [0.2, 0.25) is 0 Å². The van der Waals surface area contributed by atoms with Crippen LogP contribution in [0.4, 0.5) is 0 Å². The molecule has 2 aliphatic heterocycles. The summed E-state index contributed by atoms with van der Waals surface area (Å²) < 4.78 is 2.60. The smallest absolute Gasteiger partial charge is 0.274 e. The van der Waals surface area contributed by atoms with Gasteiger partial charge in [0.15, 0.2) is 0 Å². The molecule has 0 bridgehead atoms. The Morgan fingerprint density at radius 2 is 1.96 bits per heavy atom. The molecule has 1 spiro atoms. The Labute approximate surface area is 143 Å². The second-order valence-corrected chi connectivity index (χ2v) is 8.94. The van der Waals surface area contributed by atoms with Crippen molar-refractivity contribution in [3.8, 4) is 0 Å². The zero-order valence-electron chi connectivity index (χ0n) is 14.1. The molecule has 4 nitrogen and oxygen atoms in total. The first-order chi connectivity index (χ1) is 11.2. The maximum atomic E-state index is 13.2. The molecule has 1 amide bonds. The van der Waals surface area contributed by atoms with Crippen molar-refractivity contribution in [2.45, 2.75) is 69.6 Å². The summed E-state index contributed by atoms with van der Waals surface area (Å²) in [5, 5.41) is 0. The topological polar surface area (TPSA) is 38.1 Å². The van der Waals surface area contributed by atoms with Gasteiger partial charge in [-0.2, -0.15) is 11.8 Å². The van der Waals surface area contributed by atoms with Crippen molar-refractivity contribution in [3.63, 3.8) is 0 Å². The molecule has 1 aliphatic carbocycles. The molecular weight excluding hydrogens is 306 g/mol.